The molecule has 2 rings (SSSR count). The predicted molar refractivity (Wildman–Crippen MR) is 72.0 cm³/mol. The van der Waals surface area contributed by atoms with Crippen LogP contribution in [0.15, 0.2) is 42.5 Å². The van der Waals surface area contributed by atoms with Crippen molar-refractivity contribution in [3.63, 3.8) is 0 Å². The summed E-state index contributed by atoms with van der Waals surface area (Å²) in [5, 5.41) is 0.482. The van der Waals surface area contributed by atoms with Gasteiger partial charge in [0.25, 0.3) is 0 Å². The lowest BCUT2D eigenvalue weighted by atomic mass is 10.1. The third-order valence-corrected chi connectivity index (χ3v) is 2.87. The zero-order chi connectivity index (χ0) is 14.5. The standard InChI is InChI=1S/C15H11ClF2O2/c16-10-3-1-4-12(7-10)20-9-11(19)8-13-14(17)5-2-6-15(13)18/h1-7H,8-9H2. The number of benzene rings is 2. The summed E-state index contributed by atoms with van der Waals surface area (Å²) < 4.78 is 32.0. The summed E-state index contributed by atoms with van der Waals surface area (Å²) in [7, 11) is 0. The first-order valence-electron chi connectivity index (χ1n) is 5.89. The van der Waals surface area contributed by atoms with Crippen LogP contribution in [0.5, 0.6) is 5.75 Å². The number of ether oxygens (including phenoxy) is 1. The molecule has 0 N–H and O–H groups in total. The van der Waals surface area contributed by atoms with Crippen molar-refractivity contribution >= 4 is 17.4 Å². The van der Waals surface area contributed by atoms with Crippen molar-refractivity contribution in [3.8, 4) is 5.75 Å². The average molecular weight is 297 g/mol. The van der Waals surface area contributed by atoms with Gasteiger partial charge >= 0.3 is 0 Å². The Morgan fingerprint density at radius 2 is 1.75 bits per heavy atom. The molecule has 2 aromatic carbocycles. The number of hydrogen-bond donors (Lipinski definition) is 0. The van der Waals surface area contributed by atoms with Gasteiger partial charge in [-0.15, -0.1) is 0 Å². The topological polar surface area (TPSA) is 26.3 Å². The Hall–Kier alpha value is -1.94. The fraction of sp³-hybridized carbons (Fsp3) is 0.133. The van der Waals surface area contributed by atoms with Gasteiger partial charge in [0, 0.05) is 17.0 Å². The molecular weight excluding hydrogens is 286 g/mol. The van der Waals surface area contributed by atoms with Gasteiger partial charge in [-0.1, -0.05) is 23.7 Å². The number of hydrogen-bond acceptors (Lipinski definition) is 2. The second-order valence-electron chi connectivity index (χ2n) is 4.16. The van der Waals surface area contributed by atoms with Crippen molar-refractivity contribution in [1.29, 1.82) is 0 Å². The van der Waals surface area contributed by atoms with E-state index in [2.05, 4.69) is 0 Å². The molecule has 5 heteroatoms. The molecular formula is C15H11ClF2O2. The van der Waals surface area contributed by atoms with E-state index in [1.54, 1.807) is 24.3 Å². The summed E-state index contributed by atoms with van der Waals surface area (Å²) in [6, 6.07) is 10.0. The largest absolute Gasteiger partial charge is 0.486 e. The van der Waals surface area contributed by atoms with Crippen molar-refractivity contribution in [1.82, 2.24) is 0 Å². The molecule has 0 atom stereocenters. The smallest absolute Gasteiger partial charge is 0.174 e. The Labute approximate surface area is 119 Å². The van der Waals surface area contributed by atoms with Crippen LogP contribution >= 0.6 is 11.6 Å². The first-order valence-corrected chi connectivity index (χ1v) is 6.27. The molecule has 0 saturated heterocycles. The molecule has 0 amide bonds. The second kappa shape index (κ2) is 6.48. The molecule has 0 aliphatic carbocycles. The summed E-state index contributed by atoms with van der Waals surface area (Å²) >= 11 is 5.77. The quantitative estimate of drug-likeness (QED) is 0.838. The first-order chi connectivity index (χ1) is 9.56. The minimum Gasteiger partial charge on any atom is -0.486 e. The van der Waals surface area contributed by atoms with E-state index in [1.165, 1.54) is 6.07 Å². The van der Waals surface area contributed by atoms with Crippen LogP contribution in [0.2, 0.25) is 5.02 Å². The molecule has 0 aliphatic rings. The minimum atomic E-state index is -0.735. The van der Waals surface area contributed by atoms with E-state index in [-0.39, 0.29) is 18.6 Å². The summed E-state index contributed by atoms with van der Waals surface area (Å²) in [6.07, 6.45) is -0.348. The van der Waals surface area contributed by atoms with E-state index >= 15 is 0 Å². The molecule has 0 spiro atoms. The first kappa shape index (κ1) is 14.5. The van der Waals surface area contributed by atoms with Gasteiger partial charge < -0.3 is 4.74 Å². The summed E-state index contributed by atoms with van der Waals surface area (Å²) in [5.74, 6) is -1.46. The van der Waals surface area contributed by atoms with Crippen LogP contribution in [0.4, 0.5) is 8.78 Å². The Kier molecular flexibility index (Phi) is 4.69. The van der Waals surface area contributed by atoms with E-state index in [0.717, 1.165) is 12.1 Å². The second-order valence-corrected chi connectivity index (χ2v) is 4.60. The van der Waals surface area contributed by atoms with E-state index in [1.807, 2.05) is 0 Å². The highest BCUT2D eigenvalue weighted by Crippen LogP contribution is 2.17. The lowest BCUT2D eigenvalue weighted by Crippen LogP contribution is -2.15. The normalized spacial score (nSPS) is 10.3. The number of ketones is 1. The number of carbonyl (C=O) groups excluding carboxylic acids is 1. The average Bonchev–Trinajstić information content (AvgIpc) is 2.41. The fourth-order valence-corrected chi connectivity index (χ4v) is 1.85. The van der Waals surface area contributed by atoms with Gasteiger partial charge in [0.15, 0.2) is 5.78 Å². The highest BCUT2D eigenvalue weighted by atomic mass is 35.5. The Morgan fingerprint density at radius 1 is 1.10 bits per heavy atom. The van der Waals surface area contributed by atoms with E-state index in [9.17, 15) is 13.6 Å². The molecule has 0 radical (unpaired) electrons. The van der Waals surface area contributed by atoms with Gasteiger partial charge in [-0.25, -0.2) is 8.78 Å². The SMILES string of the molecule is O=C(COc1cccc(Cl)c1)Cc1c(F)cccc1F. The molecule has 0 aromatic heterocycles. The molecule has 0 unspecified atom stereocenters. The molecule has 0 bridgehead atoms. The molecule has 2 aromatic rings. The van der Waals surface area contributed by atoms with Crippen molar-refractivity contribution < 1.29 is 18.3 Å². The third-order valence-electron chi connectivity index (χ3n) is 2.63. The van der Waals surface area contributed by atoms with Gasteiger partial charge in [-0.05, 0) is 30.3 Å². The van der Waals surface area contributed by atoms with Crippen LogP contribution in [0.3, 0.4) is 0 Å². The van der Waals surface area contributed by atoms with Gasteiger partial charge in [-0.3, -0.25) is 4.79 Å². The Balaban J connectivity index is 1.96. The van der Waals surface area contributed by atoms with E-state index in [0.29, 0.717) is 10.8 Å². The van der Waals surface area contributed by atoms with Gasteiger partial charge in [0.1, 0.15) is 24.0 Å². The van der Waals surface area contributed by atoms with E-state index in [4.69, 9.17) is 16.3 Å². The molecule has 0 aliphatic heterocycles. The summed E-state index contributed by atoms with van der Waals surface area (Å²) in [5.41, 5.74) is -0.243. The van der Waals surface area contributed by atoms with Gasteiger partial charge in [0.2, 0.25) is 0 Å². The molecule has 0 saturated carbocycles. The van der Waals surface area contributed by atoms with Gasteiger partial charge in [-0.2, -0.15) is 0 Å². The molecule has 20 heavy (non-hydrogen) atoms. The lowest BCUT2D eigenvalue weighted by Gasteiger charge is -2.07. The van der Waals surface area contributed by atoms with Crippen molar-refractivity contribution in [2.75, 3.05) is 6.61 Å². The minimum absolute atomic E-state index is 0.243. The van der Waals surface area contributed by atoms with E-state index < -0.39 is 17.4 Å². The molecule has 2 nitrogen and oxygen atoms in total. The van der Waals surface area contributed by atoms with Crippen molar-refractivity contribution in [3.05, 3.63) is 64.7 Å². The van der Waals surface area contributed by atoms with Crippen LogP contribution in [0.25, 0.3) is 0 Å². The predicted octanol–water partition coefficient (Wildman–Crippen LogP) is 3.81. The maximum Gasteiger partial charge on any atom is 0.174 e. The summed E-state index contributed by atoms with van der Waals surface area (Å²) in [4.78, 5) is 11.7. The number of halogens is 3. The maximum atomic E-state index is 13.4. The number of rotatable bonds is 5. The van der Waals surface area contributed by atoms with Crippen LogP contribution in [0, 0.1) is 11.6 Å². The third kappa shape index (κ3) is 3.78. The Bertz CT molecular complexity index is 609. The van der Waals surface area contributed by atoms with Gasteiger partial charge in [0.05, 0.1) is 0 Å². The molecule has 0 heterocycles. The van der Waals surface area contributed by atoms with Crippen molar-refractivity contribution in [2.45, 2.75) is 6.42 Å². The molecule has 104 valence electrons. The van der Waals surface area contributed by atoms with Crippen molar-refractivity contribution in [2.24, 2.45) is 0 Å². The lowest BCUT2D eigenvalue weighted by molar-refractivity contribution is -0.120. The van der Waals surface area contributed by atoms with Crippen LogP contribution < -0.4 is 4.74 Å². The highest BCUT2D eigenvalue weighted by molar-refractivity contribution is 6.30. The molecule has 0 fully saturated rings. The number of Topliss-reactive ketones (excluding diaryl/α,β-unsaturated/α-hetero) is 1. The monoisotopic (exact) mass is 296 g/mol. The Morgan fingerprint density at radius 3 is 2.40 bits per heavy atom. The summed E-state index contributed by atoms with van der Waals surface area (Å²) in [6.45, 7) is -0.270. The fourth-order valence-electron chi connectivity index (χ4n) is 1.67. The maximum absolute atomic E-state index is 13.4. The van der Waals surface area contributed by atoms with Crippen LogP contribution in [-0.2, 0) is 11.2 Å². The van der Waals surface area contributed by atoms with Crippen LogP contribution in [-0.4, -0.2) is 12.4 Å². The van der Waals surface area contributed by atoms with Crippen LogP contribution in [0.1, 0.15) is 5.56 Å². The number of carbonyl (C=O) groups is 1. The zero-order valence-corrected chi connectivity index (χ0v) is 11.2. The highest BCUT2D eigenvalue weighted by Gasteiger charge is 2.13. The zero-order valence-electron chi connectivity index (χ0n) is 10.4.